The maximum Gasteiger partial charge on any atom is 0.0221 e. The summed E-state index contributed by atoms with van der Waals surface area (Å²) in [6.07, 6.45) is 0.285. The van der Waals surface area contributed by atoms with Gasteiger partial charge in [0.05, 0.1) is 0 Å². The van der Waals surface area contributed by atoms with Gasteiger partial charge in [0.25, 0.3) is 0 Å². The first-order chi connectivity index (χ1) is 4.20. The third-order valence-electron chi connectivity index (χ3n) is 0.823. The molecular weight excluding hydrogens is 120 g/mol. The van der Waals surface area contributed by atoms with Gasteiger partial charge in [0.1, 0.15) is 0 Å². The maximum absolute atomic E-state index is 9.71. The molecule has 52 valence electrons. The van der Waals surface area contributed by atoms with Crippen LogP contribution in [0, 0.1) is 10.4 Å². The van der Waals surface area contributed by atoms with Crippen LogP contribution >= 0.6 is 0 Å². The number of hydrogen-bond acceptors (Lipinski definition) is 4. The summed E-state index contributed by atoms with van der Waals surface area (Å²) in [5, 5.41) is 24.7. The molecule has 0 aromatic heterocycles. The van der Waals surface area contributed by atoms with E-state index < -0.39 is 0 Å². The molecule has 4 nitrogen and oxygen atoms in total. The molecule has 0 rings (SSSR count). The molecule has 0 aliphatic rings. The van der Waals surface area contributed by atoms with E-state index in [1.807, 2.05) is 0 Å². The fourth-order valence-corrected chi connectivity index (χ4v) is 0.435. The second-order valence-corrected chi connectivity index (χ2v) is 1.83. The third kappa shape index (κ3) is 3.52. The minimum atomic E-state index is 0.285. The minimum Gasteiger partial charge on any atom is -0.792 e. The van der Waals surface area contributed by atoms with Crippen LogP contribution in [0.2, 0.25) is 0 Å². The summed E-state index contributed by atoms with van der Waals surface area (Å²) >= 11 is 0. The molecule has 0 aromatic rings. The van der Waals surface area contributed by atoms with Crippen molar-refractivity contribution in [1.29, 1.82) is 0 Å². The molecule has 0 fully saturated rings. The number of nitrogens with zero attached hydrogens (tertiary/aromatic N) is 2. The van der Waals surface area contributed by atoms with Crippen LogP contribution in [0.4, 0.5) is 0 Å². The Hall–Kier alpha value is -1.06. The van der Waals surface area contributed by atoms with Gasteiger partial charge in [-0.25, -0.2) is 0 Å². The van der Waals surface area contributed by atoms with Crippen molar-refractivity contribution >= 4 is 11.4 Å². The highest BCUT2D eigenvalue weighted by molar-refractivity contribution is 6.02. The molecule has 0 aliphatic carbocycles. The largest absolute Gasteiger partial charge is 0.792 e. The molecule has 0 radical (unpaired) electrons. The van der Waals surface area contributed by atoms with Crippen molar-refractivity contribution in [2.75, 3.05) is 0 Å². The van der Waals surface area contributed by atoms with Gasteiger partial charge in [-0.1, -0.05) is 0 Å². The summed E-state index contributed by atoms with van der Waals surface area (Å²) in [5.41, 5.74) is 0.763. The highest BCUT2D eigenvalue weighted by atomic mass is 16.4. The monoisotopic (exact) mass is 128 g/mol. The molecule has 0 amide bonds. The lowest BCUT2D eigenvalue weighted by atomic mass is 10.2. The maximum atomic E-state index is 9.71. The molecule has 0 aliphatic heterocycles. The summed E-state index contributed by atoms with van der Waals surface area (Å²) in [5.74, 6) is 0. The lowest BCUT2D eigenvalue weighted by molar-refractivity contribution is 1.39. The summed E-state index contributed by atoms with van der Waals surface area (Å²) < 4.78 is 0. The standard InChI is InChI=1S/C5H10N2O2/c1-4(6-8)3-5(2)7-9/h8-9H,3H2,1-2H3/p-2. The van der Waals surface area contributed by atoms with Gasteiger partial charge in [0.15, 0.2) is 0 Å². The highest BCUT2D eigenvalue weighted by Crippen LogP contribution is 1.89. The molecule has 0 saturated heterocycles. The smallest absolute Gasteiger partial charge is 0.0221 e. The van der Waals surface area contributed by atoms with Crippen molar-refractivity contribution in [2.45, 2.75) is 20.3 Å². The Kier molecular flexibility index (Phi) is 3.43. The van der Waals surface area contributed by atoms with E-state index in [2.05, 4.69) is 10.3 Å². The fourth-order valence-electron chi connectivity index (χ4n) is 0.435. The van der Waals surface area contributed by atoms with Gasteiger partial charge in [0.2, 0.25) is 0 Å². The average molecular weight is 128 g/mol. The average Bonchev–Trinajstić information content (AvgIpc) is 1.87. The van der Waals surface area contributed by atoms with Crippen LogP contribution < -0.4 is 0 Å². The second-order valence-electron chi connectivity index (χ2n) is 1.83. The lowest BCUT2D eigenvalue weighted by Gasteiger charge is -2.03. The minimum absolute atomic E-state index is 0.285. The second kappa shape index (κ2) is 3.88. The Balaban J connectivity index is 3.75. The van der Waals surface area contributed by atoms with Crippen molar-refractivity contribution in [2.24, 2.45) is 10.3 Å². The summed E-state index contributed by atoms with van der Waals surface area (Å²) in [6, 6.07) is 0. The highest BCUT2D eigenvalue weighted by Gasteiger charge is 1.89. The van der Waals surface area contributed by atoms with Crippen LogP contribution in [0.1, 0.15) is 20.3 Å². The summed E-state index contributed by atoms with van der Waals surface area (Å²) in [6.45, 7) is 3.11. The van der Waals surface area contributed by atoms with Crippen molar-refractivity contribution < 1.29 is 0 Å². The van der Waals surface area contributed by atoms with E-state index in [0.29, 0.717) is 11.4 Å². The van der Waals surface area contributed by atoms with Gasteiger partial charge < -0.3 is 20.7 Å². The van der Waals surface area contributed by atoms with Crippen molar-refractivity contribution in [3.8, 4) is 0 Å². The van der Waals surface area contributed by atoms with E-state index in [0.717, 1.165) is 0 Å². The summed E-state index contributed by atoms with van der Waals surface area (Å²) in [4.78, 5) is 0. The molecule has 9 heavy (non-hydrogen) atoms. The van der Waals surface area contributed by atoms with Gasteiger partial charge in [-0.3, -0.25) is 0 Å². The van der Waals surface area contributed by atoms with E-state index in [1.54, 1.807) is 13.8 Å². The van der Waals surface area contributed by atoms with Crippen LogP contribution in [0.3, 0.4) is 0 Å². The Labute approximate surface area is 53.5 Å². The Morgan fingerprint density at radius 1 is 1.11 bits per heavy atom. The Bertz CT molecular complexity index is 124. The summed E-state index contributed by atoms with van der Waals surface area (Å²) in [7, 11) is 0. The van der Waals surface area contributed by atoms with Crippen LogP contribution in [-0.4, -0.2) is 11.4 Å². The predicted molar refractivity (Wildman–Crippen MR) is 37.6 cm³/mol. The molecular formula is C5H8N2O2-2. The van der Waals surface area contributed by atoms with Gasteiger partial charge in [0, 0.05) is 17.8 Å². The molecule has 0 saturated carbocycles. The van der Waals surface area contributed by atoms with E-state index in [1.165, 1.54) is 0 Å². The number of rotatable bonds is 2. The van der Waals surface area contributed by atoms with E-state index in [9.17, 15) is 10.4 Å². The SMILES string of the molecule is CC(CC(C)=N[O-])=N[O-]. The fraction of sp³-hybridized carbons (Fsp3) is 0.600. The third-order valence-corrected chi connectivity index (χ3v) is 0.823. The van der Waals surface area contributed by atoms with Crippen LogP contribution in [0.15, 0.2) is 10.3 Å². The van der Waals surface area contributed by atoms with Gasteiger partial charge in [-0.15, -0.1) is 0 Å². The zero-order valence-electron chi connectivity index (χ0n) is 5.42. The van der Waals surface area contributed by atoms with Crippen molar-refractivity contribution in [3.63, 3.8) is 0 Å². The predicted octanol–water partition coefficient (Wildman–Crippen LogP) is 1.29. The first-order valence-electron chi connectivity index (χ1n) is 2.52. The topological polar surface area (TPSA) is 70.8 Å². The van der Waals surface area contributed by atoms with E-state index >= 15 is 0 Å². The molecule has 0 unspecified atom stereocenters. The molecule has 0 atom stereocenters. The molecule has 0 N–H and O–H groups in total. The first-order valence-corrected chi connectivity index (χ1v) is 2.52. The Morgan fingerprint density at radius 3 is 1.67 bits per heavy atom. The van der Waals surface area contributed by atoms with E-state index in [-0.39, 0.29) is 6.42 Å². The van der Waals surface area contributed by atoms with Gasteiger partial charge in [-0.05, 0) is 13.8 Å². The van der Waals surface area contributed by atoms with Crippen LogP contribution in [0.25, 0.3) is 0 Å². The lowest BCUT2D eigenvalue weighted by Crippen LogP contribution is -1.98. The molecule has 4 heteroatoms. The molecule has 0 bridgehead atoms. The normalized spacial score (nSPS) is 14.0. The quantitative estimate of drug-likeness (QED) is 0.415. The zero-order valence-corrected chi connectivity index (χ0v) is 5.42. The first kappa shape index (κ1) is 7.94. The molecule has 0 spiro atoms. The van der Waals surface area contributed by atoms with Gasteiger partial charge in [-0.2, -0.15) is 0 Å². The van der Waals surface area contributed by atoms with Crippen LogP contribution in [-0.2, 0) is 0 Å². The van der Waals surface area contributed by atoms with Gasteiger partial charge >= 0.3 is 0 Å². The van der Waals surface area contributed by atoms with Crippen LogP contribution in [0.5, 0.6) is 0 Å². The number of hydrogen-bond donors (Lipinski definition) is 0. The molecule has 0 aromatic carbocycles. The van der Waals surface area contributed by atoms with Crippen molar-refractivity contribution in [3.05, 3.63) is 10.4 Å². The zero-order chi connectivity index (χ0) is 7.28. The molecule has 0 heterocycles. The van der Waals surface area contributed by atoms with E-state index in [4.69, 9.17) is 0 Å². The van der Waals surface area contributed by atoms with Crippen molar-refractivity contribution in [1.82, 2.24) is 0 Å². The Morgan fingerprint density at radius 2 is 1.44 bits per heavy atom.